The van der Waals surface area contributed by atoms with Gasteiger partial charge in [-0.15, -0.1) is 0 Å². The van der Waals surface area contributed by atoms with Gasteiger partial charge in [-0.05, 0) is 35.9 Å². The van der Waals surface area contributed by atoms with E-state index in [4.69, 9.17) is 5.11 Å². The molecule has 1 aliphatic rings. The van der Waals surface area contributed by atoms with Gasteiger partial charge in [-0.1, -0.05) is 0 Å². The molecule has 2 aromatic carbocycles. The molecular formula is C24H23F6N5O6. The maximum absolute atomic E-state index is 13.2. The van der Waals surface area contributed by atoms with Crippen LogP contribution in [0, 0.1) is 0 Å². The largest absolute Gasteiger partial charge is 0.508 e. The van der Waals surface area contributed by atoms with Crippen LogP contribution >= 0.6 is 0 Å². The number of nitrogens with zero attached hydrogens (tertiary/aromatic N) is 1. The SMILES string of the molecule is O=C(O)CC(NC(=O)CNC(=O)c1cc(O)cc(NC2=NCC(O)CN2)c1)c1cc(C(F)(F)F)cc(C(F)(F)F)c1. The number of anilines is 1. The second kappa shape index (κ2) is 12.3. The van der Waals surface area contributed by atoms with Gasteiger partial charge in [0.1, 0.15) is 5.75 Å². The third-order valence-corrected chi connectivity index (χ3v) is 5.54. The number of aliphatic carboxylic acids is 1. The molecule has 2 unspecified atom stereocenters. The van der Waals surface area contributed by atoms with Crippen molar-refractivity contribution >= 4 is 29.4 Å². The number of guanidine groups is 1. The van der Waals surface area contributed by atoms with E-state index < -0.39 is 71.9 Å². The lowest BCUT2D eigenvalue weighted by atomic mass is 9.97. The summed E-state index contributed by atoms with van der Waals surface area (Å²) in [4.78, 5) is 40.3. The van der Waals surface area contributed by atoms with E-state index in [1.807, 2.05) is 5.32 Å². The van der Waals surface area contributed by atoms with Gasteiger partial charge in [0.05, 0.1) is 42.8 Å². The number of carbonyl (C=O) groups is 3. The zero-order valence-electron chi connectivity index (χ0n) is 20.7. The maximum Gasteiger partial charge on any atom is 0.416 e. The number of aliphatic imine (C=N–C) groups is 1. The highest BCUT2D eigenvalue weighted by Gasteiger charge is 2.38. The Bertz CT molecular complexity index is 1320. The van der Waals surface area contributed by atoms with Crippen LogP contribution in [0.2, 0.25) is 0 Å². The van der Waals surface area contributed by atoms with Crippen LogP contribution in [0.1, 0.15) is 39.5 Å². The van der Waals surface area contributed by atoms with Gasteiger partial charge in [0, 0.05) is 23.9 Å². The standard InChI is InChI=1S/C24H23F6N5O6/c25-23(26,27)13-1-11(2-14(5-13)24(28,29)30)18(7-20(39)40)35-19(38)10-31-21(41)12-3-15(6-16(36)4-12)34-22-32-8-17(37)9-33-22/h1-6,17-18,36-37H,7-10H2,(H,31,41)(H,35,38)(H,39,40)(H2,32,33,34). The van der Waals surface area contributed by atoms with Crippen LogP contribution in [-0.4, -0.2) is 64.8 Å². The molecule has 2 amide bonds. The number of aliphatic hydroxyl groups is 1. The Balaban J connectivity index is 1.74. The number of carboxylic acids is 1. The Kier molecular flexibility index (Phi) is 9.31. The molecule has 2 atom stereocenters. The topological polar surface area (TPSA) is 172 Å². The molecule has 0 aromatic heterocycles. The van der Waals surface area contributed by atoms with Crippen molar-refractivity contribution in [2.45, 2.75) is 30.9 Å². The summed E-state index contributed by atoms with van der Waals surface area (Å²) in [6, 6.07) is 2.23. The number of hydrogen-bond acceptors (Lipinski definition) is 8. The molecule has 1 heterocycles. The lowest BCUT2D eigenvalue weighted by molar-refractivity contribution is -0.143. The molecule has 1 aliphatic heterocycles. The lowest BCUT2D eigenvalue weighted by Crippen LogP contribution is -2.42. The first-order valence-corrected chi connectivity index (χ1v) is 11.7. The third kappa shape index (κ3) is 8.99. The molecular weight excluding hydrogens is 568 g/mol. The number of carboxylic acid groups (broad SMARTS) is 1. The quantitative estimate of drug-likeness (QED) is 0.229. The fourth-order valence-corrected chi connectivity index (χ4v) is 3.68. The van der Waals surface area contributed by atoms with Crippen molar-refractivity contribution in [3.8, 4) is 5.75 Å². The van der Waals surface area contributed by atoms with Gasteiger partial charge in [0.25, 0.3) is 5.91 Å². The second-order valence-electron chi connectivity index (χ2n) is 8.86. The first-order chi connectivity index (χ1) is 19.0. The van der Waals surface area contributed by atoms with Gasteiger partial charge >= 0.3 is 18.3 Å². The van der Waals surface area contributed by atoms with E-state index in [1.165, 1.54) is 12.1 Å². The number of aromatic hydroxyl groups is 1. The van der Waals surface area contributed by atoms with Crippen molar-refractivity contribution < 1.29 is 56.0 Å². The molecule has 0 fully saturated rings. The normalized spacial score (nSPS) is 16.2. The van der Waals surface area contributed by atoms with Gasteiger partial charge in [-0.2, -0.15) is 26.3 Å². The Morgan fingerprint density at radius 2 is 1.63 bits per heavy atom. The molecule has 11 nitrogen and oxygen atoms in total. The first kappa shape index (κ1) is 31.0. The summed E-state index contributed by atoms with van der Waals surface area (Å²) in [6.45, 7) is -0.532. The number of phenols is 1. The molecule has 0 saturated carbocycles. The number of carbonyl (C=O) groups excluding carboxylic acids is 2. The number of nitrogens with one attached hydrogen (secondary N) is 4. The molecule has 0 radical (unpaired) electrons. The fourth-order valence-electron chi connectivity index (χ4n) is 3.68. The number of rotatable bonds is 8. The molecule has 3 rings (SSSR count). The lowest BCUT2D eigenvalue weighted by Gasteiger charge is -2.21. The first-order valence-electron chi connectivity index (χ1n) is 11.7. The summed E-state index contributed by atoms with van der Waals surface area (Å²) in [5.74, 6) is -3.75. The highest BCUT2D eigenvalue weighted by Crippen LogP contribution is 2.38. The molecule has 41 heavy (non-hydrogen) atoms. The van der Waals surface area contributed by atoms with Crippen LogP contribution in [0.5, 0.6) is 5.75 Å². The summed E-state index contributed by atoms with van der Waals surface area (Å²) >= 11 is 0. The van der Waals surface area contributed by atoms with E-state index >= 15 is 0 Å². The van der Waals surface area contributed by atoms with Gasteiger partial charge in [0.2, 0.25) is 5.91 Å². The minimum absolute atomic E-state index is 0.109. The smallest absolute Gasteiger partial charge is 0.416 e. The number of phenolic OH excluding ortho intramolecular Hbond substituents is 1. The van der Waals surface area contributed by atoms with Gasteiger partial charge < -0.3 is 36.6 Å². The van der Waals surface area contributed by atoms with Crippen LogP contribution in [0.3, 0.4) is 0 Å². The number of halogens is 6. The second-order valence-corrected chi connectivity index (χ2v) is 8.86. The van der Waals surface area contributed by atoms with E-state index in [9.17, 15) is 50.9 Å². The van der Waals surface area contributed by atoms with Crippen molar-refractivity contribution in [1.29, 1.82) is 0 Å². The van der Waals surface area contributed by atoms with Gasteiger partial charge in [-0.3, -0.25) is 19.4 Å². The van der Waals surface area contributed by atoms with E-state index in [2.05, 4.69) is 20.9 Å². The number of hydrogen-bond donors (Lipinski definition) is 7. The van der Waals surface area contributed by atoms with Crippen molar-refractivity contribution in [3.05, 3.63) is 58.7 Å². The Morgan fingerprint density at radius 1 is 1.00 bits per heavy atom. The molecule has 222 valence electrons. The van der Waals surface area contributed by atoms with Gasteiger partial charge in [0.15, 0.2) is 5.96 Å². The Hall–Kier alpha value is -4.54. The van der Waals surface area contributed by atoms with Crippen LogP contribution < -0.4 is 21.3 Å². The minimum Gasteiger partial charge on any atom is -0.508 e. The highest BCUT2D eigenvalue weighted by molar-refractivity contribution is 6.00. The Morgan fingerprint density at radius 3 is 2.17 bits per heavy atom. The molecule has 2 aromatic rings. The predicted molar refractivity (Wildman–Crippen MR) is 130 cm³/mol. The van der Waals surface area contributed by atoms with E-state index in [-0.39, 0.29) is 42.1 Å². The summed E-state index contributed by atoms with van der Waals surface area (Å²) in [5, 5.41) is 38.3. The Labute approximate surface area is 227 Å². The van der Waals surface area contributed by atoms with Crippen molar-refractivity contribution in [2.75, 3.05) is 25.0 Å². The van der Waals surface area contributed by atoms with Crippen LogP contribution in [0.4, 0.5) is 32.0 Å². The molecule has 0 saturated heterocycles. The summed E-state index contributed by atoms with van der Waals surface area (Å²) < 4.78 is 79.4. The van der Waals surface area contributed by atoms with E-state index in [1.54, 1.807) is 0 Å². The minimum atomic E-state index is -5.20. The van der Waals surface area contributed by atoms with Gasteiger partial charge in [-0.25, -0.2) is 0 Å². The van der Waals surface area contributed by atoms with E-state index in [0.717, 1.165) is 6.07 Å². The zero-order valence-corrected chi connectivity index (χ0v) is 20.7. The van der Waals surface area contributed by atoms with Crippen molar-refractivity contribution in [3.63, 3.8) is 0 Å². The van der Waals surface area contributed by atoms with E-state index in [0.29, 0.717) is 12.1 Å². The maximum atomic E-state index is 13.2. The number of alkyl halides is 6. The average molecular weight is 591 g/mol. The summed E-state index contributed by atoms with van der Waals surface area (Å²) in [5.41, 5.74) is -4.09. The summed E-state index contributed by atoms with van der Waals surface area (Å²) in [6.07, 6.45) is -12.1. The third-order valence-electron chi connectivity index (χ3n) is 5.54. The molecule has 0 aliphatic carbocycles. The number of β-amino-alcohol motifs (C(OH)–C–C–N with tert-alkyl or cyclic N) is 1. The number of benzene rings is 2. The monoisotopic (exact) mass is 591 g/mol. The molecule has 7 N–H and O–H groups in total. The van der Waals surface area contributed by atoms with Crippen molar-refractivity contribution in [1.82, 2.24) is 16.0 Å². The molecule has 17 heteroatoms. The molecule has 0 spiro atoms. The predicted octanol–water partition coefficient (Wildman–Crippen LogP) is 2.22. The van der Waals surface area contributed by atoms with Crippen LogP contribution in [0.25, 0.3) is 0 Å². The number of amides is 2. The fraction of sp³-hybridized carbons (Fsp3) is 0.333. The highest BCUT2D eigenvalue weighted by atomic mass is 19.4. The van der Waals surface area contributed by atoms with Crippen LogP contribution in [-0.2, 0) is 21.9 Å². The van der Waals surface area contributed by atoms with Crippen molar-refractivity contribution in [2.24, 2.45) is 4.99 Å². The van der Waals surface area contributed by atoms with Crippen LogP contribution in [0.15, 0.2) is 41.4 Å². The summed E-state index contributed by atoms with van der Waals surface area (Å²) in [7, 11) is 0. The number of aliphatic hydroxyl groups excluding tert-OH is 1. The molecule has 0 bridgehead atoms. The average Bonchev–Trinajstić information content (AvgIpc) is 2.86. The zero-order chi connectivity index (χ0) is 30.5.